The van der Waals surface area contributed by atoms with Crippen LogP contribution < -0.4 is 0 Å². The molecule has 0 heterocycles. The number of hydrogen-bond acceptors (Lipinski definition) is 2. The molecule has 0 unspecified atom stereocenters. The fourth-order valence-corrected chi connectivity index (χ4v) is 1.24. The molecular weight excluding hydrogens is 224 g/mol. The van der Waals surface area contributed by atoms with Crippen LogP contribution in [0.2, 0.25) is 0 Å². The van der Waals surface area contributed by atoms with Gasteiger partial charge in [-0.2, -0.15) is 0 Å². The van der Waals surface area contributed by atoms with Gasteiger partial charge in [0.05, 0.1) is 0 Å². The minimum atomic E-state index is -0.500. The van der Waals surface area contributed by atoms with E-state index in [0.717, 1.165) is 5.56 Å². The van der Waals surface area contributed by atoms with E-state index in [1.165, 1.54) is 0 Å². The summed E-state index contributed by atoms with van der Waals surface area (Å²) in [5, 5.41) is 0. The SMILES string of the molecule is C/C=C(/C#Cc1ccccc1)C(=O)OC(C)(C)C. The van der Waals surface area contributed by atoms with Crippen molar-refractivity contribution >= 4 is 5.97 Å². The fourth-order valence-electron chi connectivity index (χ4n) is 1.24. The first-order valence-corrected chi connectivity index (χ1v) is 5.89. The predicted molar refractivity (Wildman–Crippen MR) is 72.9 cm³/mol. The second-order valence-electron chi connectivity index (χ2n) is 4.82. The standard InChI is InChI=1S/C16H18O2/c1-5-14(15(17)18-16(2,3)4)12-11-13-9-7-6-8-10-13/h5-10H,1-4H3/b14-5-. The average Bonchev–Trinajstić information content (AvgIpc) is 2.29. The van der Waals surface area contributed by atoms with E-state index < -0.39 is 5.60 Å². The van der Waals surface area contributed by atoms with Gasteiger partial charge in [0.1, 0.15) is 11.2 Å². The average molecular weight is 242 g/mol. The lowest BCUT2D eigenvalue weighted by Crippen LogP contribution is -2.24. The maximum atomic E-state index is 11.8. The van der Waals surface area contributed by atoms with E-state index in [2.05, 4.69) is 11.8 Å². The van der Waals surface area contributed by atoms with Crippen LogP contribution in [0, 0.1) is 11.8 Å². The molecule has 0 aliphatic carbocycles. The molecular formula is C16H18O2. The van der Waals surface area contributed by atoms with Gasteiger partial charge in [0.2, 0.25) is 0 Å². The van der Waals surface area contributed by atoms with Crippen LogP contribution in [0.15, 0.2) is 42.0 Å². The van der Waals surface area contributed by atoms with E-state index >= 15 is 0 Å². The van der Waals surface area contributed by atoms with E-state index in [9.17, 15) is 4.79 Å². The van der Waals surface area contributed by atoms with Crippen molar-refractivity contribution in [1.82, 2.24) is 0 Å². The van der Waals surface area contributed by atoms with Crippen LogP contribution in [0.3, 0.4) is 0 Å². The minimum Gasteiger partial charge on any atom is -0.456 e. The molecule has 1 rings (SSSR count). The fraction of sp³-hybridized carbons (Fsp3) is 0.312. The van der Waals surface area contributed by atoms with Gasteiger partial charge in [-0.3, -0.25) is 0 Å². The van der Waals surface area contributed by atoms with Gasteiger partial charge in [-0.05, 0) is 39.8 Å². The Kier molecular flexibility index (Phi) is 4.74. The van der Waals surface area contributed by atoms with Gasteiger partial charge in [0.15, 0.2) is 0 Å². The molecule has 0 aliphatic heterocycles. The maximum absolute atomic E-state index is 11.8. The highest BCUT2D eigenvalue weighted by molar-refractivity contribution is 5.93. The molecule has 0 aromatic heterocycles. The van der Waals surface area contributed by atoms with Crippen molar-refractivity contribution in [2.45, 2.75) is 33.3 Å². The molecule has 2 heteroatoms. The number of benzene rings is 1. The Bertz CT molecular complexity index is 493. The number of ether oxygens (including phenoxy) is 1. The molecule has 2 nitrogen and oxygen atoms in total. The molecule has 0 N–H and O–H groups in total. The molecule has 0 saturated heterocycles. The van der Waals surface area contributed by atoms with Gasteiger partial charge >= 0.3 is 5.97 Å². The van der Waals surface area contributed by atoms with Gasteiger partial charge in [-0.15, -0.1) is 0 Å². The molecule has 0 bridgehead atoms. The van der Waals surface area contributed by atoms with Gasteiger partial charge in [-0.25, -0.2) is 4.79 Å². The lowest BCUT2D eigenvalue weighted by molar-refractivity contribution is -0.149. The number of carbonyl (C=O) groups excluding carboxylic acids is 1. The Balaban J connectivity index is 2.82. The van der Waals surface area contributed by atoms with Crippen LogP contribution in [-0.2, 0) is 9.53 Å². The molecule has 0 amide bonds. The van der Waals surface area contributed by atoms with Crippen LogP contribution in [0.5, 0.6) is 0 Å². The number of carbonyl (C=O) groups is 1. The van der Waals surface area contributed by atoms with E-state index in [1.807, 2.05) is 51.1 Å². The topological polar surface area (TPSA) is 26.3 Å². The van der Waals surface area contributed by atoms with Crippen LogP contribution in [-0.4, -0.2) is 11.6 Å². The zero-order valence-corrected chi connectivity index (χ0v) is 11.3. The lowest BCUT2D eigenvalue weighted by atomic mass is 10.1. The van der Waals surface area contributed by atoms with Crippen molar-refractivity contribution in [1.29, 1.82) is 0 Å². The third-order valence-electron chi connectivity index (χ3n) is 2.02. The number of allylic oxidation sites excluding steroid dienone is 1. The number of esters is 1. The molecule has 18 heavy (non-hydrogen) atoms. The molecule has 1 aromatic carbocycles. The highest BCUT2D eigenvalue weighted by atomic mass is 16.6. The van der Waals surface area contributed by atoms with E-state index in [0.29, 0.717) is 5.57 Å². The van der Waals surface area contributed by atoms with Crippen LogP contribution >= 0.6 is 0 Å². The zero-order valence-electron chi connectivity index (χ0n) is 11.3. The molecule has 0 radical (unpaired) electrons. The van der Waals surface area contributed by atoms with Crippen molar-refractivity contribution < 1.29 is 9.53 Å². The molecule has 0 saturated carbocycles. The summed E-state index contributed by atoms with van der Waals surface area (Å²) in [6, 6.07) is 9.54. The first-order chi connectivity index (χ1) is 8.42. The third-order valence-corrected chi connectivity index (χ3v) is 2.02. The largest absolute Gasteiger partial charge is 0.456 e. The Hall–Kier alpha value is -2.01. The van der Waals surface area contributed by atoms with Crippen molar-refractivity contribution in [2.24, 2.45) is 0 Å². The summed E-state index contributed by atoms with van der Waals surface area (Å²) in [7, 11) is 0. The smallest absolute Gasteiger partial charge is 0.346 e. The predicted octanol–water partition coefficient (Wildman–Crippen LogP) is 3.33. The summed E-state index contributed by atoms with van der Waals surface area (Å²) < 4.78 is 5.27. The number of hydrogen-bond donors (Lipinski definition) is 0. The second kappa shape index (κ2) is 6.07. The van der Waals surface area contributed by atoms with Crippen molar-refractivity contribution in [3.63, 3.8) is 0 Å². The van der Waals surface area contributed by atoms with E-state index in [1.54, 1.807) is 13.0 Å². The summed E-state index contributed by atoms with van der Waals surface area (Å²) in [6.07, 6.45) is 1.67. The molecule has 1 aromatic rings. The molecule has 0 atom stereocenters. The van der Waals surface area contributed by atoms with Crippen LogP contribution in [0.4, 0.5) is 0 Å². The molecule has 0 aliphatic rings. The van der Waals surface area contributed by atoms with Crippen molar-refractivity contribution in [3.8, 4) is 11.8 Å². The summed E-state index contributed by atoms with van der Waals surface area (Å²) in [5.41, 5.74) is 0.758. The van der Waals surface area contributed by atoms with E-state index in [-0.39, 0.29) is 5.97 Å². The van der Waals surface area contributed by atoms with Crippen LogP contribution in [0.1, 0.15) is 33.3 Å². The molecule has 0 fully saturated rings. The quantitative estimate of drug-likeness (QED) is 0.429. The summed E-state index contributed by atoms with van der Waals surface area (Å²) >= 11 is 0. The second-order valence-corrected chi connectivity index (χ2v) is 4.82. The summed E-state index contributed by atoms with van der Waals surface area (Å²) in [5.74, 6) is 5.41. The molecule has 0 spiro atoms. The van der Waals surface area contributed by atoms with Gasteiger partial charge < -0.3 is 4.74 Å². The number of rotatable bonds is 1. The van der Waals surface area contributed by atoms with Gasteiger partial charge in [0, 0.05) is 5.56 Å². The highest BCUT2D eigenvalue weighted by Gasteiger charge is 2.18. The maximum Gasteiger partial charge on any atom is 0.346 e. The molecule has 94 valence electrons. The normalized spacial score (nSPS) is 11.4. The minimum absolute atomic E-state index is 0.381. The third kappa shape index (κ3) is 4.88. The Morgan fingerprint density at radius 1 is 1.22 bits per heavy atom. The monoisotopic (exact) mass is 242 g/mol. The van der Waals surface area contributed by atoms with Crippen molar-refractivity contribution in [2.75, 3.05) is 0 Å². The zero-order chi connectivity index (χ0) is 13.6. The van der Waals surface area contributed by atoms with Crippen molar-refractivity contribution in [3.05, 3.63) is 47.5 Å². The summed E-state index contributed by atoms with van der Waals surface area (Å²) in [6.45, 7) is 7.29. The lowest BCUT2D eigenvalue weighted by Gasteiger charge is -2.19. The van der Waals surface area contributed by atoms with E-state index in [4.69, 9.17) is 4.74 Å². The van der Waals surface area contributed by atoms with Gasteiger partial charge in [-0.1, -0.05) is 36.1 Å². The van der Waals surface area contributed by atoms with Gasteiger partial charge in [0.25, 0.3) is 0 Å². The Morgan fingerprint density at radius 2 is 1.83 bits per heavy atom. The highest BCUT2D eigenvalue weighted by Crippen LogP contribution is 2.10. The first kappa shape index (κ1) is 14.1. The summed E-state index contributed by atoms with van der Waals surface area (Å²) in [4.78, 5) is 11.8. The van der Waals surface area contributed by atoms with Crippen LogP contribution in [0.25, 0.3) is 0 Å². The first-order valence-electron chi connectivity index (χ1n) is 5.89. The Labute approximate surface area is 109 Å². The Morgan fingerprint density at radius 3 is 2.33 bits per heavy atom.